The van der Waals surface area contributed by atoms with Gasteiger partial charge in [0.25, 0.3) is 0 Å². The third-order valence-corrected chi connectivity index (χ3v) is 7.15. The lowest BCUT2D eigenvalue weighted by molar-refractivity contribution is -0.130. The fourth-order valence-electron chi connectivity index (χ4n) is 2.43. The van der Waals surface area contributed by atoms with Crippen LogP contribution >= 0.6 is 0 Å². The van der Waals surface area contributed by atoms with Crippen LogP contribution in [0.25, 0.3) is 0 Å². The van der Waals surface area contributed by atoms with E-state index in [1.807, 2.05) is 0 Å². The fourth-order valence-corrected chi connectivity index (χ4v) is 5.27. The van der Waals surface area contributed by atoms with E-state index >= 15 is 0 Å². The summed E-state index contributed by atoms with van der Waals surface area (Å²) in [7, 11) is -5.65. The largest absolute Gasteiger partial charge is 0.341 e. The van der Waals surface area contributed by atoms with Crippen molar-refractivity contribution in [2.45, 2.75) is 24.3 Å². The van der Waals surface area contributed by atoms with Gasteiger partial charge in [-0.05, 0) is 37.1 Å². The molecule has 2 rings (SSSR count). The molecule has 1 atom stereocenters. The number of sulfonamides is 1. The maximum atomic E-state index is 13.2. The van der Waals surface area contributed by atoms with Crippen molar-refractivity contribution in [3.63, 3.8) is 0 Å². The molecule has 0 saturated carbocycles. The molecule has 134 valence electrons. The third-order valence-electron chi connectivity index (χ3n) is 4.00. The molecule has 0 aromatic heterocycles. The molecule has 10 heteroatoms. The molecule has 1 aromatic carbocycles. The summed E-state index contributed by atoms with van der Waals surface area (Å²) >= 11 is 0. The predicted molar refractivity (Wildman–Crippen MR) is 86.2 cm³/mol. The number of amides is 1. The maximum Gasteiger partial charge on any atom is 0.241 e. The number of hydrogen-bond donors (Lipinski definition) is 1. The molecule has 1 fully saturated rings. The second-order valence-electron chi connectivity index (χ2n) is 5.80. The first-order valence-corrected chi connectivity index (χ1v) is 10.5. The SMILES string of the molecule is Cc1cc(S(=O)(=O)NCC(=O)N(C)C2CCS(=O)(=O)C2)ccc1F. The number of rotatable bonds is 5. The molecule has 24 heavy (non-hydrogen) atoms. The Labute approximate surface area is 140 Å². The zero-order valence-corrected chi connectivity index (χ0v) is 15.0. The molecular weight excluding hydrogens is 359 g/mol. The van der Waals surface area contributed by atoms with E-state index in [0.29, 0.717) is 6.42 Å². The second kappa shape index (κ2) is 6.77. The summed E-state index contributed by atoms with van der Waals surface area (Å²) in [5.41, 5.74) is 0.178. The number of hydrogen-bond acceptors (Lipinski definition) is 5. The normalized spacial score (nSPS) is 20.0. The minimum Gasteiger partial charge on any atom is -0.341 e. The molecule has 0 spiro atoms. The summed E-state index contributed by atoms with van der Waals surface area (Å²) in [6, 6.07) is 2.89. The van der Waals surface area contributed by atoms with Crippen molar-refractivity contribution in [1.82, 2.24) is 9.62 Å². The number of carbonyl (C=O) groups is 1. The van der Waals surface area contributed by atoms with Crippen molar-refractivity contribution < 1.29 is 26.0 Å². The number of nitrogens with zero attached hydrogens (tertiary/aromatic N) is 1. The van der Waals surface area contributed by atoms with E-state index in [0.717, 1.165) is 12.1 Å². The minimum absolute atomic E-state index is 0.0237. The van der Waals surface area contributed by atoms with Crippen LogP contribution < -0.4 is 4.72 Å². The van der Waals surface area contributed by atoms with Crippen LogP contribution in [-0.4, -0.2) is 58.8 Å². The highest BCUT2D eigenvalue weighted by molar-refractivity contribution is 7.91. The van der Waals surface area contributed by atoms with Crippen molar-refractivity contribution >= 4 is 25.8 Å². The molecule has 1 aliphatic rings. The summed E-state index contributed by atoms with van der Waals surface area (Å²) in [5, 5.41) is 0. The van der Waals surface area contributed by atoms with Gasteiger partial charge in [-0.2, -0.15) is 0 Å². The molecule has 1 aromatic rings. The smallest absolute Gasteiger partial charge is 0.241 e. The molecule has 0 aliphatic carbocycles. The summed E-state index contributed by atoms with van der Waals surface area (Å²) in [6.07, 6.45) is 0.342. The van der Waals surface area contributed by atoms with Gasteiger partial charge in [-0.15, -0.1) is 0 Å². The Morgan fingerprint density at radius 3 is 2.62 bits per heavy atom. The molecule has 1 N–H and O–H groups in total. The van der Waals surface area contributed by atoms with Gasteiger partial charge in [0, 0.05) is 13.1 Å². The van der Waals surface area contributed by atoms with E-state index in [1.165, 1.54) is 24.9 Å². The zero-order valence-electron chi connectivity index (χ0n) is 13.3. The maximum absolute atomic E-state index is 13.2. The Morgan fingerprint density at radius 1 is 1.42 bits per heavy atom. The highest BCUT2D eigenvalue weighted by Crippen LogP contribution is 2.17. The van der Waals surface area contributed by atoms with Crippen molar-refractivity contribution in [1.29, 1.82) is 0 Å². The van der Waals surface area contributed by atoms with E-state index in [9.17, 15) is 26.0 Å². The Balaban J connectivity index is 2.01. The lowest BCUT2D eigenvalue weighted by Crippen LogP contribution is -2.43. The number of aryl methyl sites for hydroxylation is 1. The molecule has 1 unspecified atom stereocenters. The highest BCUT2D eigenvalue weighted by Gasteiger charge is 2.32. The average molecular weight is 378 g/mol. The molecular formula is C14H19FN2O5S2. The van der Waals surface area contributed by atoms with E-state index in [-0.39, 0.29) is 22.0 Å². The molecule has 1 heterocycles. The monoisotopic (exact) mass is 378 g/mol. The Kier molecular flexibility index (Phi) is 5.31. The van der Waals surface area contributed by atoms with Gasteiger partial charge in [0.05, 0.1) is 22.9 Å². The number of benzene rings is 1. The van der Waals surface area contributed by atoms with Crippen LogP contribution in [0.3, 0.4) is 0 Å². The van der Waals surface area contributed by atoms with Crippen LogP contribution in [0.1, 0.15) is 12.0 Å². The average Bonchev–Trinajstić information content (AvgIpc) is 2.87. The van der Waals surface area contributed by atoms with E-state index in [1.54, 1.807) is 0 Å². The van der Waals surface area contributed by atoms with E-state index < -0.39 is 44.2 Å². The van der Waals surface area contributed by atoms with Crippen LogP contribution in [0, 0.1) is 12.7 Å². The van der Waals surface area contributed by atoms with Crippen LogP contribution in [0.15, 0.2) is 23.1 Å². The number of carbonyl (C=O) groups excluding carboxylic acids is 1. The van der Waals surface area contributed by atoms with Crippen LogP contribution in [0.4, 0.5) is 4.39 Å². The Hall–Kier alpha value is -1.52. The third kappa shape index (κ3) is 4.31. The quantitative estimate of drug-likeness (QED) is 0.781. The highest BCUT2D eigenvalue weighted by atomic mass is 32.2. The molecule has 1 saturated heterocycles. The number of sulfone groups is 1. The fraction of sp³-hybridized carbons (Fsp3) is 0.500. The van der Waals surface area contributed by atoms with Crippen LogP contribution in [-0.2, 0) is 24.7 Å². The van der Waals surface area contributed by atoms with Crippen molar-refractivity contribution in [2.24, 2.45) is 0 Å². The standard InChI is InChI=1S/C14H19FN2O5S2/c1-10-7-12(3-4-13(10)15)24(21,22)16-8-14(18)17(2)11-5-6-23(19,20)9-11/h3-4,7,11,16H,5-6,8-9H2,1-2H3. The van der Waals surface area contributed by atoms with Gasteiger partial charge in [-0.3, -0.25) is 4.79 Å². The first kappa shape index (κ1) is 18.8. The molecule has 7 nitrogen and oxygen atoms in total. The minimum atomic E-state index is -3.96. The summed E-state index contributed by atoms with van der Waals surface area (Å²) in [5.74, 6) is -1.14. The molecule has 0 radical (unpaired) electrons. The van der Waals surface area contributed by atoms with Gasteiger partial charge >= 0.3 is 0 Å². The van der Waals surface area contributed by atoms with Crippen LogP contribution in [0.5, 0.6) is 0 Å². The van der Waals surface area contributed by atoms with Gasteiger partial charge in [0.1, 0.15) is 5.82 Å². The van der Waals surface area contributed by atoms with Crippen molar-refractivity contribution in [2.75, 3.05) is 25.1 Å². The summed E-state index contributed by atoms with van der Waals surface area (Å²) < 4.78 is 62.6. The first-order valence-electron chi connectivity index (χ1n) is 7.24. The lowest BCUT2D eigenvalue weighted by Gasteiger charge is -2.23. The number of nitrogens with one attached hydrogen (secondary N) is 1. The van der Waals surface area contributed by atoms with Crippen molar-refractivity contribution in [3.05, 3.63) is 29.6 Å². The summed E-state index contributed by atoms with van der Waals surface area (Å²) in [6.45, 7) is 0.944. The van der Waals surface area contributed by atoms with E-state index in [4.69, 9.17) is 0 Å². The van der Waals surface area contributed by atoms with Gasteiger partial charge < -0.3 is 4.90 Å². The van der Waals surface area contributed by atoms with E-state index in [2.05, 4.69) is 4.72 Å². The van der Waals surface area contributed by atoms with Gasteiger partial charge in [0.15, 0.2) is 9.84 Å². The Morgan fingerprint density at radius 2 is 2.08 bits per heavy atom. The van der Waals surface area contributed by atoms with Gasteiger partial charge in [-0.1, -0.05) is 0 Å². The molecule has 0 bridgehead atoms. The Bertz CT molecular complexity index is 852. The topological polar surface area (TPSA) is 101 Å². The first-order chi connectivity index (χ1) is 11.0. The molecule has 1 aliphatic heterocycles. The van der Waals surface area contributed by atoms with Crippen molar-refractivity contribution in [3.8, 4) is 0 Å². The van der Waals surface area contributed by atoms with Crippen LogP contribution in [0.2, 0.25) is 0 Å². The predicted octanol–water partition coefficient (Wildman–Crippen LogP) is 0.0579. The zero-order chi connectivity index (χ0) is 18.1. The number of halogens is 1. The second-order valence-corrected chi connectivity index (χ2v) is 9.79. The lowest BCUT2D eigenvalue weighted by atomic mass is 10.2. The molecule has 1 amide bonds. The summed E-state index contributed by atoms with van der Waals surface area (Å²) in [4.78, 5) is 13.2. The number of likely N-dealkylation sites (N-methyl/N-ethyl adjacent to an activating group) is 1. The van der Waals surface area contributed by atoms with Gasteiger partial charge in [-0.25, -0.2) is 25.9 Å². The van der Waals surface area contributed by atoms with Gasteiger partial charge in [0.2, 0.25) is 15.9 Å².